The van der Waals surface area contributed by atoms with Crippen LogP contribution in [0.5, 0.6) is 11.5 Å². The summed E-state index contributed by atoms with van der Waals surface area (Å²) in [6.07, 6.45) is 0. The van der Waals surface area contributed by atoms with Gasteiger partial charge in [0.25, 0.3) is 0 Å². The quantitative estimate of drug-likeness (QED) is 0.356. The molecular formula is C22H17NO7S. The number of fused-ring (bicyclic) bond motifs is 1. The fourth-order valence-electron chi connectivity index (χ4n) is 3.82. The molecule has 4 rings (SSSR count). The van der Waals surface area contributed by atoms with E-state index in [0.717, 1.165) is 0 Å². The van der Waals surface area contributed by atoms with E-state index < -0.39 is 21.8 Å². The molecule has 0 saturated carbocycles. The molecule has 9 heteroatoms. The maximum atomic E-state index is 13.4. The standard InChI is InChI=1S/C22H17NO7S/c1-14(24)29-17-10-6-15(7-11-17)22(19-4-2-3-5-20(19)23-21(22)25)16-8-12-18(13-9-16)30-31(26,27)28/h2-13H,1H3,(H,23,25)(H,26,27,28). The zero-order chi connectivity index (χ0) is 22.2. The van der Waals surface area contributed by atoms with Gasteiger partial charge in [-0.3, -0.25) is 14.1 Å². The summed E-state index contributed by atoms with van der Waals surface area (Å²) in [6, 6.07) is 19.7. The molecule has 3 aromatic carbocycles. The molecule has 8 nitrogen and oxygen atoms in total. The Bertz CT molecular complexity index is 1270. The van der Waals surface area contributed by atoms with Gasteiger partial charge in [-0.1, -0.05) is 42.5 Å². The topological polar surface area (TPSA) is 119 Å². The number of esters is 1. The van der Waals surface area contributed by atoms with Gasteiger partial charge in [-0.2, -0.15) is 8.42 Å². The van der Waals surface area contributed by atoms with Crippen molar-refractivity contribution in [1.82, 2.24) is 0 Å². The third-order valence-electron chi connectivity index (χ3n) is 4.96. The molecule has 1 unspecified atom stereocenters. The molecule has 0 fully saturated rings. The first-order valence-corrected chi connectivity index (χ1v) is 10.5. The molecule has 0 spiro atoms. The first-order chi connectivity index (χ1) is 14.7. The number of hydrogen-bond acceptors (Lipinski definition) is 6. The van der Waals surface area contributed by atoms with Gasteiger partial charge in [0.15, 0.2) is 0 Å². The van der Waals surface area contributed by atoms with Gasteiger partial charge >= 0.3 is 16.4 Å². The van der Waals surface area contributed by atoms with Gasteiger partial charge in [0.05, 0.1) is 0 Å². The Balaban J connectivity index is 1.87. The molecule has 31 heavy (non-hydrogen) atoms. The Labute approximate surface area is 178 Å². The van der Waals surface area contributed by atoms with E-state index in [1.54, 1.807) is 42.5 Å². The average molecular weight is 439 g/mol. The number of nitrogens with one attached hydrogen (secondary N) is 1. The van der Waals surface area contributed by atoms with Crippen LogP contribution in [0.15, 0.2) is 72.8 Å². The minimum Gasteiger partial charge on any atom is -0.427 e. The molecule has 0 saturated heterocycles. The number of benzene rings is 3. The number of rotatable bonds is 5. The van der Waals surface area contributed by atoms with E-state index in [0.29, 0.717) is 28.1 Å². The predicted octanol–water partition coefficient (Wildman–Crippen LogP) is 3.08. The van der Waals surface area contributed by atoms with E-state index in [1.807, 2.05) is 18.2 Å². The lowest BCUT2D eigenvalue weighted by Crippen LogP contribution is -2.37. The largest absolute Gasteiger partial charge is 0.446 e. The molecule has 3 aromatic rings. The zero-order valence-corrected chi connectivity index (χ0v) is 17.0. The summed E-state index contributed by atoms with van der Waals surface area (Å²) in [5.41, 5.74) is 1.30. The lowest BCUT2D eigenvalue weighted by Gasteiger charge is -2.29. The third-order valence-corrected chi connectivity index (χ3v) is 5.36. The second-order valence-electron chi connectivity index (χ2n) is 6.90. The number of carbonyl (C=O) groups is 2. The van der Waals surface area contributed by atoms with Crippen LogP contribution in [0.25, 0.3) is 0 Å². The van der Waals surface area contributed by atoms with Crippen molar-refractivity contribution in [1.29, 1.82) is 0 Å². The van der Waals surface area contributed by atoms with Crippen LogP contribution >= 0.6 is 0 Å². The molecule has 0 aliphatic carbocycles. The zero-order valence-electron chi connectivity index (χ0n) is 16.2. The number of amides is 1. The van der Waals surface area contributed by atoms with Crippen LogP contribution in [-0.2, 0) is 25.4 Å². The van der Waals surface area contributed by atoms with Crippen LogP contribution in [0.3, 0.4) is 0 Å². The van der Waals surface area contributed by atoms with Crippen LogP contribution in [0, 0.1) is 0 Å². The molecular weight excluding hydrogens is 422 g/mol. The molecule has 1 aliphatic rings. The van der Waals surface area contributed by atoms with Crippen molar-refractivity contribution in [3.63, 3.8) is 0 Å². The van der Waals surface area contributed by atoms with Gasteiger partial charge in [0.2, 0.25) is 5.91 Å². The summed E-state index contributed by atoms with van der Waals surface area (Å²) in [4.78, 5) is 24.6. The van der Waals surface area contributed by atoms with Crippen LogP contribution in [0.2, 0.25) is 0 Å². The molecule has 1 amide bonds. The van der Waals surface area contributed by atoms with E-state index in [4.69, 9.17) is 9.29 Å². The lowest BCUT2D eigenvalue weighted by atomic mass is 9.70. The Morgan fingerprint density at radius 2 is 1.45 bits per heavy atom. The first-order valence-electron chi connectivity index (χ1n) is 9.17. The van der Waals surface area contributed by atoms with Gasteiger partial charge < -0.3 is 14.2 Å². The lowest BCUT2D eigenvalue weighted by molar-refractivity contribution is -0.131. The molecule has 2 N–H and O–H groups in total. The van der Waals surface area contributed by atoms with Crippen LogP contribution in [0.1, 0.15) is 23.6 Å². The van der Waals surface area contributed by atoms with E-state index in [2.05, 4.69) is 9.50 Å². The van der Waals surface area contributed by atoms with Gasteiger partial charge in [0.1, 0.15) is 16.9 Å². The van der Waals surface area contributed by atoms with Crippen molar-refractivity contribution < 1.29 is 31.5 Å². The molecule has 0 bridgehead atoms. The number of para-hydroxylation sites is 1. The summed E-state index contributed by atoms with van der Waals surface area (Å²) >= 11 is 0. The minimum absolute atomic E-state index is 0.0988. The van der Waals surface area contributed by atoms with Crippen LogP contribution in [-0.4, -0.2) is 24.8 Å². The highest BCUT2D eigenvalue weighted by atomic mass is 32.3. The SMILES string of the molecule is CC(=O)Oc1ccc(C2(c3ccc(OS(=O)(=O)O)cc3)C(=O)Nc3ccccc32)cc1. The molecule has 0 aromatic heterocycles. The molecule has 1 atom stereocenters. The Kier molecular flexibility index (Phi) is 5.00. The highest BCUT2D eigenvalue weighted by Crippen LogP contribution is 2.48. The normalized spacial score (nSPS) is 17.5. The number of hydrogen-bond donors (Lipinski definition) is 2. The highest BCUT2D eigenvalue weighted by molar-refractivity contribution is 7.81. The van der Waals surface area contributed by atoms with Crippen molar-refractivity contribution in [2.45, 2.75) is 12.3 Å². The van der Waals surface area contributed by atoms with E-state index in [-0.39, 0.29) is 11.7 Å². The predicted molar refractivity (Wildman–Crippen MR) is 111 cm³/mol. The Morgan fingerprint density at radius 3 is 2.00 bits per heavy atom. The fraction of sp³-hybridized carbons (Fsp3) is 0.0909. The van der Waals surface area contributed by atoms with Crippen LogP contribution < -0.4 is 14.2 Å². The fourth-order valence-corrected chi connectivity index (χ4v) is 4.17. The summed E-state index contributed by atoms with van der Waals surface area (Å²) in [6.45, 7) is 1.30. The summed E-state index contributed by atoms with van der Waals surface area (Å²) < 4.78 is 40.4. The van der Waals surface area contributed by atoms with E-state index in [9.17, 15) is 18.0 Å². The molecule has 158 valence electrons. The second-order valence-corrected chi connectivity index (χ2v) is 7.93. The van der Waals surface area contributed by atoms with Crippen molar-refractivity contribution >= 4 is 28.0 Å². The van der Waals surface area contributed by atoms with Crippen LogP contribution in [0.4, 0.5) is 5.69 Å². The van der Waals surface area contributed by atoms with Gasteiger partial charge in [-0.05, 0) is 41.5 Å². The van der Waals surface area contributed by atoms with Crippen molar-refractivity contribution in [2.24, 2.45) is 0 Å². The first kappa shape index (κ1) is 20.6. The van der Waals surface area contributed by atoms with Crippen molar-refractivity contribution in [3.8, 4) is 11.5 Å². The summed E-state index contributed by atoms with van der Waals surface area (Å²) in [5, 5.41) is 2.89. The Hall–Kier alpha value is -3.69. The monoisotopic (exact) mass is 439 g/mol. The molecule has 0 radical (unpaired) electrons. The number of anilines is 1. The average Bonchev–Trinajstić information content (AvgIpc) is 3.00. The molecule has 1 heterocycles. The van der Waals surface area contributed by atoms with Gasteiger partial charge in [-0.25, -0.2) is 0 Å². The summed E-state index contributed by atoms with van der Waals surface area (Å²) in [7, 11) is -4.67. The Morgan fingerprint density at radius 1 is 0.903 bits per heavy atom. The minimum atomic E-state index is -4.67. The number of carbonyl (C=O) groups excluding carboxylic acids is 2. The molecule has 1 aliphatic heterocycles. The van der Waals surface area contributed by atoms with Gasteiger partial charge in [-0.15, -0.1) is 0 Å². The van der Waals surface area contributed by atoms with Gasteiger partial charge in [0, 0.05) is 18.2 Å². The smallest absolute Gasteiger partial charge is 0.427 e. The number of ether oxygens (including phenoxy) is 1. The third kappa shape index (κ3) is 3.76. The van der Waals surface area contributed by atoms with E-state index >= 15 is 0 Å². The highest BCUT2D eigenvalue weighted by Gasteiger charge is 2.49. The van der Waals surface area contributed by atoms with E-state index in [1.165, 1.54) is 19.1 Å². The van der Waals surface area contributed by atoms with Crippen molar-refractivity contribution in [2.75, 3.05) is 5.32 Å². The maximum absolute atomic E-state index is 13.4. The maximum Gasteiger partial charge on any atom is 0.446 e. The van der Waals surface area contributed by atoms with Crippen molar-refractivity contribution in [3.05, 3.63) is 89.5 Å². The summed E-state index contributed by atoms with van der Waals surface area (Å²) in [5.74, 6) is -0.508. The second kappa shape index (κ2) is 7.53.